The molecule has 0 bridgehead atoms. The molecule has 0 fully saturated rings. The number of rotatable bonds is 10. The number of benzene rings is 2. The van der Waals surface area contributed by atoms with Gasteiger partial charge in [0.2, 0.25) is 11.9 Å². The number of amides is 1. The summed E-state index contributed by atoms with van der Waals surface area (Å²) in [6.45, 7) is 2.20. The number of aromatic nitrogens is 1. The average molecular weight is 482 g/mol. The predicted octanol–water partition coefficient (Wildman–Crippen LogP) is 1.92. The molecule has 35 heavy (non-hydrogen) atoms. The third kappa shape index (κ3) is 5.67. The van der Waals surface area contributed by atoms with E-state index in [1.807, 2.05) is 0 Å². The van der Waals surface area contributed by atoms with E-state index < -0.39 is 42.3 Å². The maximum absolute atomic E-state index is 13.2. The van der Waals surface area contributed by atoms with Crippen LogP contribution in [0.15, 0.2) is 69.9 Å². The Balaban J connectivity index is 2.09. The Kier molecular flexibility index (Phi) is 8.58. The van der Waals surface area contributed by atoms with Crippen molar-refractivity contribution < 1.29 is 33.4 Å². The Morgan fingerprint density at radius 2 is 1.43 bits per heavy atom. The van der Waals surface area contributed by atoms with E-state index in [2.05, 4.69) is 5.32 Å². The van der Waals surface area contributed by atoms with Gasteiger partial charge < -0.3 is 24.3 Å². The van der Waals surface area contributed by atoms with E-state index >= 15 is 0 Å². The number of hydrogen-bond donors (Lipinski definition) is 2. The fraction of sp³-hybridized carbons (Fsp3) is 0.280. The lowest BCUT2D eigenvalue weighted by molar-refractivity contribution is -0.160. The van der Waals surface area contributed by atoms with Crippen molar-refractivity contribution in [1.82, 2.24) is 9.88 Å². The topological polar surface area (TPSA) is 137 Å². The summed E-state index contributed by atoms with van der Waals surface area (Å²) in [7, 11) is 0. The molecular weight excluding hydrogens is 456 g/mol. The van der Waals surface area contributed by atoms with E-state index in [-0.39, 0.29) is 24.7 Å². The van der Waals surface area contributed by atoms with Crippen LogP contribution in [0.25, 0.3) is 22.6 Å². The molecule has 10 heteroatoms. The van der Waals surface area contributed by atoms with Crippen molar-refractivity contribution in [3.05, 3.63) is 71.2 Å². The fourth-order valence-electron chi connectivity index (χ4n) is 3.51. The van der Waals surface area contributed by atoms with Gasteiger partial charge in [-0.05, 0) is 13.8 Å². The first-order valence-corrected chi connectivity index (χ1v) is 11.0. The van der Waals surface area contributed by atoms with E-state index in [9.17, 15) is 24.3 Å². The maximum atomic E-state index is 13.2. The lowest BCUT2D eigenvalue weighted by Crippen LogP contribution is -2.51. The van der Waals surface area contributed by atoms with Gasteiger partial charge in [-0.15, -0.1) is 0 Å². The molecule has 2 N–H and O–H groups in total. The minimum atomic E-state index is -1.77. The van der Waals surface area contributed by atoms with Crippen LogP contribution in [0.1, 0.15) is 19.9 Å². The van der Waals surface area contributed by atoms with E-state index in [1.54, 1.807) is 74.5 Å². The molecule has 1 aromatic heterocycles. The summed E-state index contributed by atoms with van der Waals surface area (Å²) in [5, 5.41) is 12.4. The first-order valence-electron chi connectivity index (χ1n) is 11.0. The van der Waals surface area contributed by atoms with Gasteiger partial charge in [-0.2, -0.15) is 0 Å². The van der Waals surface area contributed by atoms with E-state index in [0.717, 1.165) is 4.57 Å². The van der Waals surface area contributed by atoms with Gasteiger partial charge in [0.1, 0.15) is 6.04 Å². The zero-order valence-corrected chi connectivity index (χ0v) is 19.3. The maximum Gasteiger partial charge on any atom is 0.420 e. The van der Waals surface area contributed by atoms with Crippen LogP contribution in [-0.2, 0) is 23.9 Å². The zero-order chi connectivity index (χ0) is 25.4. The van der Waals surface area contributed by atoms with Gasteiger partial charge >= 0.3 is 17.7 Å². The number of aliphatic hydroxyl groups is 1. The molecule has 1 atom stereocenters. The van der Waals surface area contributed by atoms with Crippen molar-refractivity contribution in [3.8, 4) is 22.6 Å². The molecular formula is C25H26N2O8. The minimum absolute atomic E-state index is 0.0339. The third-order valence-corrected chi connectivity index (χ3v) is 5.04. The lowest BCUT2D eigenvalue weighted by Gasteiger charge is -2.21. The molecule has 0 saturated heterocycles. The molecule has 1 heterocycles. The van der Waals surface area contributed by atoms with Crippen LogP contribution < -0.4 is 11.1 Å². The molecule has 0 unspecified atom stereocenters. The van der Waals surface area contributed by atoms with Crippen LogP contribution in [0.2, 0.25) is 0 Å². The smallest absolute Gasteiger partial charge is 0.420 e. The molecule has 10 nitrogen and oxygen atoms in total. The van der Waals surface area contributed by atoms with Gasteiger partial charge in [-0.1, -0.05) is 60.7 Å². The summed E-state index contributed by atoms with van der Waals surface area (Å²) < 4.78 is 16.3. The van der Waals surface area contributed by atoms with E-state index in [0.29, 0.717) is 11.1 Å². The quantitative estimate of drug-likeness (QED) is 0.330. The average Bonchev–Trinajstić information content (AvgIpc) is 3.21. The van der Waals surface area contributed by atoms with Crippen LogP contribution in [0.5, 0.6) is 0 Å². The number of esters is 2. The molecule has 0 saturated carbocycles. The van der Waals surface area contributed by atoms with Crippen LogP contribution in [0.3, 0.4) is 0 Å². The number of oxazole rings is 1. The SMILES string of the molecule is CCOC(=O)C(NC(=O)[C@H](CO)n1c(-c2ccccc2)c(-c2ccccc2)oc1=O)C(=O)OCC. The molecule has 1 amide bonds. The first-order chi connectivity index (χ1) is 16.9. The van der Waals surface area contributed by atoms with Crippen LogP contribution in [-0.4, -0.2) is 53.4 Å². The van der Waals surface area contributed by atoms with E-state index in [1.165, 1.54) is 0 Å². The highest BCUT2D eigenvalue weighted by Crippen LogP contribution is 2.33. The second-order valence-electron chi connectivity index (χ2n) is 7.29. The summed E-state index contributed by atoms with van der Waals surface area (Å²) in [5.41, 5.74) is 1.38. The Hall–Kier alpha value is -4.18. The number of nitrogens with one attached hydrogen (secondary N) is 1. The highest BCUT2D eigenvalue weighted by molar-refractivity contribution is 6.03. The zero-order valence-electron chi connectivity index (χ0n) is 19.3. The van der Waals surface area contributed by atoms with Crippen molar-refractivity contribution in [2.24, 2.45) is 0 Å². The largest absolute Gasteiger partial charge is 0.464 e. The minimum Gasteiger partial charge on any atom is -0.464 e. The van der Waals surface area contributed by atoms with Gasteiger partial charge in [0.25, 0.3) is 0 Å². The highest BCUT2D eigenvalue weighted by Gasteiger charge is 2.36. The van der Waals surface area contributed by atoms with Crippen molar-refractivity contribution in [3.63, 3.8) is 0 Å². The Bertz CT molecular complexity index is 1200. The first kappa shape index (κ1) is 25.4. The summed E-state index contributed by atoms with van der Waals surface area (Å²) in [6, 6.07) is 14.2. The van der Waals surface area contributed by atoms with Crippen LogP contribution in [0, 0.1) is 0 Å². The molecule has 3 aromatic rings. The molecule has 0 aliphatic carbocycles. The molecule has 2 aromatic carbocycles. The van der Waals surface area contributed by atoms with Crippen molar-refractivity contribution in [2.45, 2.75) is 25.9 Å². The Morgan fingerprint density at radius 1 is 0.914 bits per heavy atom. The number of ether oxygens (including phenoxy) is 2. The van der Waals surface area contributed by atoms with Gasteiger partial charge in [0.15, 0.2) is 5.76 Å². The van der Waals surface area contributed by atoms with E-state index in [4.69, 9.17) is 13.9 Å². The molecule has 0 aliphatic heterocycles. The van der Waals surface area contributed by atoms with Gasteiger partial charge in [0, 0.05) is 11.1 Å². The molecule has 0 aliphatic rings. The fourth-order valence-corrected chi connectivity index (χ4v) is 3.51. The summed E-state index contributed by atoms with van der Waals surface area (Å²) in [4.78, 5) is 50.8. The van der Waals surface area contributed by atoms with Gasteiger partial charge in [-0.25, -0.2) is 14.4 Å². The lowest BCUT2D eigenvalue weighted by atomic mass is 10.0. The second kappa shape index (κ2) is 11.8. The molecule has 184 valence electrons. The molecule has 0 radical (unpaired) electrons. The van der Waals surface area contributed by atoms with Gasteiger partial charge in [0.05, 0.1) is 25.5 Å². The predicted molar refractivity (Wildman–Crippen MR) is 125 cm³/mol. The van der Waals surface area contributed by atoms with Crippen molar-refractivity contribution in [1.29, 1.82) is 0 Å². The number of nitrogens with zero attached hydrogens (tertiary/aromatic N) is 1. The molecule has 3 rings (SSSR count). The second-order valence-corrected chi connectivity index (χ2v) is 7.29. The molecule has 0 spiro atoms. The summed E-state index contributed by atoms with van der Waals surface area (Å²) in [5.74, 6) is -3.73. The monoisotopic (exact) mass is 482 g/mol. The highest BCUT2D eigenvalue weighted by atomic mass is 16.6. The Morgan fingerprint density at radius 3 is 1.91 bits per heavy atom. The number of carbonyl (C=O) groups is 3. The number of carbonyl (C=O) groups excluding carboxylic acids is 3. The summed E-state index contributed by atoms with van der Waals surface area (Å²) >= 11 is 0. The van der Waals surface area contributed by atoms with Crippen LogP contribution in [0.4, 0.5) is 0 Å². The Labute approximate surface area is 201 Å². The van der Waals surface area contributed by atoms with Crippen molar-refractivity contribution >= 4 is 17.8 Å². The number of aliphatic hydroxyl groups excluding tert-OH is 1. The van der Waals surface area contributed by atoms with Crippen molar-refractivity contribution in [2.75, 3.05) is 19.8 Å². The number of hydrogen-bond acceptors (Lipinski definition) is 8. The third-order valence-electron chi connectivity index (χ3n) is 5.04. The van der Waals surface area contributed by atoms with Gasteiger partial charge in [-0.3, -0.25) is 9.36 Å². The van der Waals surface area contributed by atoms with Crippen LogP contribution >= 0.6 is 0 Å². The summed E-state index contributed by atoms with van der Waals surface area (Å²) in [6.07, 6.45) is 0. The standard InChI is InChI=1S/C25H26N2O8/c1-3-33-23(30)19(24(31)34-4-2)26-22(29)18(15-28)27-20(16-11-7-5-8-12-16)21(35-25(27)32)17-13-9-6-10-14-17/h5-14,18-19,28H,3-4,15H2,1-2H3,(H,26,29)/t18-/m0/s1. The normalized spacial score (nSPS) is 11.7.